The number of oxazole rings is 1. The van der Waals surface area contributed by atoms with Crippen LogP contribution in [0.4, 0.5) is 10.4 Å². The van der Waals surface area contributed by atoms with Gasteiger partial charge in [-0.05, 0) is 36.6 Å². The molecule has 4 heterocycles. The lowest BCUT2D eigenvalue weighted by atomic mass is 10.1. The summed E-state index contributed by atoms with van der Waals surface area (Å²) in [5, 5.41) is 4.05. The summed E-state index contributed by atoms with van der Waals surface area (Å²) in [5.74, 6) is -0.141. The van der Waals surface area contributed by atoms with E-state index in [4.69, 9.17) is 4.42 Å². The van der Waals surface area contributed by atoms with E-state index in [0.717, 1.165) is 17.3 Å². The molecule has 0 bridgehead atoms. The predicted octanol–water partition coefficient (Wildman–Crippen LogP) is 3.42. The number of para-hydroxylation sites is 1. The number of benzene rings is 1. The number of H-pyrrole nitrogens is 1. The molecule has 1 aliphatic heterocycles. The molecule has 1 fully saturated rings. The molecule has 0 radical (unpaired) electrons. The average molecular weight is 379 g/mol. The average Bonchev–Trinajstić information content (AvgIpc) is 3.43. The summed E-state index contributed by atoms with van der Waals surface area (Å²) in [6.07, 6.45) is 4.32. The van der Waals surface area contributed by atoms with Gasteiger partial charge in [0.15, 0.2) is 11.4 Å². The van der Waals surface area contributed by atoms with Crippen LogP contribution in [0.15, 0.2) is 47.1 Å². The van der Waals surface area contributed by atoms with Crippen LogP contribution in [0.2, 0.25) is 0 Å². The SMILES string of the molecule is O=C(c1cc2cnccc2[nH]1)N1CCC(CNc2nc3c(F)cccc3o2)C1. The van der Waals surface area contributed by atoms with Crippen LogP contribution in [-0.2, 0) is 0 Å². The summed E-state index contributed by atoms with van der Waals surface area (Å²) in [7, 11) is 0. The first-order valence-electron chi connectivity index (χ1n) is 9.18. The minimum absolute atomic E-state index is 0.0115. The van der Waals surface area contributed by atoms with Crippen molar-refractivity contribution < 1.29 is 13.6 Å². The second-order valence-electron chi connectivity index (χ2n) is 7.04. The molecule has 5 rings (SSSR count). The first-order valence-corrected chi connectivity index (χ1v) is 9.18. The maximum atomic E-state index is 13.7. The van der Waals surface area contributed by atoms with Crippen molar-refractivity contribution in [2.45, 2.75) is 6.42 Å². The monoisotopic (exact) mass is 379 g/mol. The van der Waals surface area contributed by atoms with Gasteiger partial charge in [0.25, 0.3) is 11.9 Å². The van der Waals surface area contributed by atoms with Crippen LogP contribution in [0.1, 0.15) is 16.9 Å². The number of likely N-dealkylation sites (tertiary alicyclic amines) is 1. The predicted molar refractivity (Wildman–Crippen MR) is 103 cm³/mol. The van der Waals surface area contributed by atoms with E-state index in [2.05, 4.69) is 20.3 Å². The molecule has 8 heteroatoms. The minimum Gasteiger partial charge on any atom is -0.423 e. The number of rotatable bonds is 4. The van der Waals surface area contributed by atoms with Gasteiger partial charge in [-0.1, -0.05) is 6.07 Å². The van der Waals surface area contributed by atoms with Gasteiger partial charge in [0, 0.05) is 42.9 Å². The Morgan fingerprint density at radius 3 is 3.18 bits per heavy atom. The Kier molecular flexibility index (Phi) is 3.96. The third-order valence-electron chi connectivity index (χ3n) is 5.14. The lowest BCUT2D eigenvalue weighted by Crippen LogP contribution is -2.30. The largest absolute Gasteiger partial charge is 0.423 e. The summed E-state index contributed by atoms with van der Waals surface area (Å²) < 4.78 is 19.2. The fourth-order valence-corrected chi connectivity index (χ4v) is 3.66. The van der Waals surface area contributed by atoms with E-state index < -0.39 is 5.82 Å². The van der Waals surface area contributed by atoms with Crippen LogP contribution in [-0.4, -0.2) is 45.4 Å². The standard InChI is InChI=1S/C20H18FN5O2/c21-14-2-1-3-17-18(14)25-20(28-17)23-9-12-5-7-26(11-12)19(27)16-8-13-10-22-6-4-15(13)24-16/h1-4,6,8,10,12,24H,5,7,9,11H2,(H,23,25). The van der Waals surface area contributed by atoms with Crippen molar-refractivity contribution in [2.75, 3.05) is 25.0 Å². The Labute approximate surface area is 159 Å². The first kappa shape index (κ1) is 16.7. The van der Waals surface area contributed by atoms with Crippen molar-refractivity contribution in [3.05, 3.63) is 54.2 Å². The van der Waals surface area contributed by atoms with Gasteiger partial charge in [0.05, 0.1) is 0 Å². The third-order valence-corrected chi connectivity index (χ3v) is 5.14. The number of carbonyl (C=O) groups excluding carboxylic acids is 1. The van der Waals surface area contributed by atoms with Gasteiger partial charge in [0.1, 0.15) is 11.2 Å². The zero-order valence-corrected chi connectivity index (χ0v) is 15.0. The van der Waals surface area contributed by atoms with Crippen LogP contribution in [0.25, 0.3) is 22.0 Å². The first-order chi connectivity index (χ1) is 13.7. The maximum absolute atomic E-state index is 13.7. The van der Waals surface area contributed by atoms with E-state index in [-0.39, 0.29) is 17.3 Å². The van der Waals surface area contributed by atoms with Crippen LogP contribution in [0.5, 0.6) is 0 Å². The van der Waals surface area contributed by atoms with Crippen molar-refractivity contribution in [1.29, 1.82) is 0 Å². The lowest BCUT2D eigenvalue weighted by Gasteiger charge is -2.15. The fraction of sp³-hybridized carbons (Fsp3) is 0.250. The van der Waals surface area contributed by atoms with Gasteiger partial charge in [-0.25, -0.2) is 4.39 Å². The number of amides is 1. The second kappa shape index (κ2) is 6.63. The highest BCUT2D eigenvalue weighted by Crippen LogP contribution is 2.24. The molecule has 0 spiro atoms. The highest BCUT2D eigenvalue weighted by molar-refractivity contribution is 5.97. The molecule has 4 aromatic rings. The number of halogens is 1. The van der Waals surface area contributed by atoms with E-state index in [1.807, 2.05) is 17.0 Å². The van der Waals surface area contributed by atoms with Gasteiger partial charge in [0.2, 0.25) is 0 Å². The number of aromatic nitrogens is 3. The van der Waals surface area contributed by atoms with Crippen molar-refractivity contribution in [2.24, 2.45) is 5.92 Å². The lowest BCUT2D eigenvalue weighted by molar-refractivity contribution is 0.0783. The smallest absolute Gasteiger partial charge is 0.295 e. The highest BCUT2D eigenvalue weighted by atomic mass is 19.1. The number of pyridine rings is 1. The molecule has 0 aliphatic carbocycles. The summed E-state index contributed by atoms with van der Waals surface area (Å²) >= 11 is 0. The maximum Gasteiger partial charge on any atom is 0.295 e. The number of nitrogens with one attached hydrogen (secondary N) is 2. The molecule has 1 atom stereocenters. The van der Waals surface area contributed by atoms with Gasteiger partial charge >= 0.3 is 0 Å². The number of fused-ring (bicyclic) bond motifs is 2. The van der Waals surface area contributed by atoms with Crippen LogP contribution in [0.3, 0.4) is 0 Å². The van der Waals surface area contributed by atoms with Crippen molar-refractivity contribution >= 4 is 33.9 Å². The Morgan fingerprint density at radius 1 is 1.39 bits per heavy atom. The molecule has 1 aliphatic rings. The van der Waals surface area contributed by atoms with Crippen molar-refractivity contribution in [3.63, 3.8) is 0 Å². The minimum atomic E-state index is -0.402. The molecule has 0 saturated carbocycles. The third kappa shape index (κ3) is 2.96. The normalized spacial score (nSPS) is 16.9. The molecule has 1 amide bonds. The second-order valence-corrected chi connectivity index (χ2v) is 7.04. The highest BCUT2D eigenvalue weighted by Gasteiger charge is 2.28. The Balaban J connectivity index is 1.22. The van der Waals surface area contributed by atoms with Crippen LogP contribution in [0, 0.1) is 11.7 Å². The molecular formula is C20H18FN5O2. The Bertz CT molecular complexity index is 1130. The zero-order chi connectivity index (χ0) is 19.1. The van der Waals surface area contributed by atoms with Crippen molar-refractivity contribution in [1.82, 2.24) is 19.9 Å². The number of nitrogens with zero attached hydrogens (tertiary/aromatic N) is 3. The van der Waals surface area contributed by atoms with E-state index in [9.17, 15) is 9.18 Å². The van der Waals surface area contributed by atoms with Gasteiger partial charge in [-0.3, -0.25) is 9.78 Å². The Morgan fingerprint density at radius 2 is 2.32 bits per heavy atom. The number of carbonyl (C=O) groups is 1. The van der Waals surface area contributed by atoms with Crippen LogP contribution < -0.4 is 5.32 Å². The molecule has 1 unspecified atom stereocenters. The van der Waals surface area contributed by atoms with Crippen LogP contribution >= 0.6 is 0 Å². The number of hydrogen-bond donors (Lipinski definition) is 2. The van der Waals surface area contributed by atoms with Gasteiger partial charge < -0.3 is 19.6 Å². The Hall–Kier alpha value is -3.42. The molecule has 28 heavy (non-hydrogen) atoms. The van der Waals surface area contributed by atoms with E-state index >= 15 is 0 Å². The molecular weight excluding hydrogens is 361 g/mol. The number of anilines is 1. The van der Waals surface area contributed by atoms with E-state index in [1.54, 1.807) is 24.5 Å². The molecule has 142 valence electrons. The molecule has 3 aromatic heterocycles. The quantitative estimate of drug-likeness (QED) is 0.567. The summed E-state index contributed by atoms with van der Waals surface area (Å²) in [6, 6.07) is 8.62. The summed E-state index contributed by atoms with van der Waals surface area (Å²) in [5.41, 5.74) is 2.12. The molecule has 7 nitrogen and oxygen atoms in total. The van der Waals surface area contributed by atoms with E-state index in [1.165, 1.54) is 6.07 Å². The van der Waals surface area contributed by atoms with E-state index in [0.29, 0.717) is 36.9 Å². The molecule has 2 N–H and O–H groups in total. The fourth-order valence-electron chi connectivity index (χ4n) is 3.66. The van der Waals surface area contributed by atoms with Gasteiger partial charge in [-0.2, -0.15) is 4.98 Å². The number of aromatic amines is 1. The molecule has 1 saturated heterocycles. The van der Waals surface area contributed by atoms with Crippen molar-refractivity contribution in [3.8, 4) is 0 Å². The summed E-state index contributed by atoms with van der Waals surface area (Å²) in [6.45, 7) is 1.95. The van der Waals surface area contributed by atoms with Gasteiger partial charge in [-0.15, -0.1) is 0 Å². The summed E-state index contributed by atoms with van der Waals surface area (Å²) in [4.78, 5) is 26.0. The number of hydrogen-bond acceptors (Lipinski definition) is 5. The zero-order valence-electron chi connectivity index (χ0n) is 15.0. The topological polar surface area (TPSA) is 87.0 Å². The molecule has 1 aromatic carbocycles.